The van der Waals surface area contributed by atoms with E-state index in [1.165, 1.54) is 14.5 Å². The number of oxime groups is 1. The second-order valence-corrected chi connectivity index (χ2v) is 10.6. The molecule has 1 aromatic carbocycles. The Balaban J connectivity index is 1.68. The van der Waals surface area contributed by atoms with Gasteiger partial charge >= 0.3 is 6.03 Å². The van der Waals surface area contributed by atoms with Crippen LogP contribution in [-0.4, -0.2) is 34.9 Å². The van der Waals surface area contributed by atoms with E-state index in [2.05, 4.69) is 35.7 Å². The maximum atomic E-state index is 12.7. The highest BCUT2D eigenvalue weighted by molar-refractivity contribution is 8.00. The number of rotatable bonds is 4. The quantitative estimate of drug-likeness (QED) is 0.351. The number of carbonyl (C=O) groups is 1. The fourth-order valence-electron chi connectivity index (χ4n) is 3.80. The molecular formula is C22H23ClN4O2S2. The maximum absolute atomic E-state index is 12.7. The summed E-state index contributed by atoms with van der Waals surface area (Å²) in [6.07, 6.45) is 5.53. The molecule has 0 spiro atoms. The van der Waals surface area contributed by atoms with Gasteiger partial charge in [0.2, 0.25) is 0 Å². The van der Waals surface area contributed by atoms with Crippen LogP contribution < -0.4 is 5.32 Å². The third kappa shape index (κ3) is 4.51. The van der Waals surface area contributed by atoms with Crippen molar-refractivity contribution in [3.05, 3.63) is 52.7 Å². The maximum Gasteiger partial charge on any atom is 0.346 e. The predicted molar refractivity (Wildman–Crippen MR) is 129 cm³/mol. The van der Waals surface area contributed by atoms with Crippen molar-refractivity contribution < 1.29 is 9.63 Å². The van der Waals surface area contributed by atoms with Crippen molar-refractivity contribution in [1.82, 2.24) is 9.78 Å². The van der Waals surface area contributed by atoms with Crippen molar-refractivity contribution in [3.63, 3.8) is 0 Å². The van der Waals surface area contributed by atoms with Gasteiger partial charge in [-0.15, -0.1) is 23.1 Å². The van der Waals surface area contributed by atoms with Crippen molar-refractivity contribution in [2.45, 2.75) is 30.9 Å². The lowest BCUT2D eigenvalue weighted by molar-refractivity contribution is 0.210. The third-order valence-corrected chi connectivity index (χ3v) is 7.70. The summed E-state index contributed by atoms with van der Waals surface area (Å²) in [4.78, 5) is 18.9. The van der Waals surface area contributed by atoms with Crippen LogP contribution in [0.1, 0.15) is 31.4 Å². The molecule has 1 aliphatic rings. The Hall–Kier alpha value is -2.29. The zero-order valence-corrected chi connectivity index (χ0v) is 20.1. The zero-order valence-electron chi connectivity index (χ0n) is 17.7. The number of thiophene rings is 1. The molecule has 2 heterocycles. The Labute approximate surface area is 194 Å². The molecule has 31 heavy (non-hydrogen) atoms. The first kappa shape index (κ1) is 21.9. The summed E-state index contributed by atoms with van der Waals surface area (Å²) >= 11 is 9.31. The standard InChI is InChI=1S/C22H23ClN4O2S2/c1-22(2)11-15-18(17(12-22)26-29-3)20(30-4)31-19(15)16-9-10-27(25-16)21(28)24-14-7-5-13(23)6-8-14/h5-10H,11-12H2,1-4H3,(H,24,28)/b26-17-. The van der Waals surface area contributed by atoms with E-state index in [0.29, 0.717) is 10.7 Å². The van der Waals surface area contributed by atoms with Gasteiger partial charge < -0.3 is 10.2 Å². The largest absolute Gasteiger partial charge is 0.399 e. The highest BCUT2D eigenvalue weighted by Crippen LogP contribution is 2.48. The number of fused-ring (bicyclic) bond motifs is 1. The number of thioether (sulfide) groups is 1. The van der Waals surface area contributed by atoms with E-state index in [9.17, 15) is 4.79 Å². The second-order valence-electron chi connectivity index (χ2n) is 8.10. The van der Waals surface area contributed by atoms with E-state index in [1.54, 1.807) is 60.7 Å². The van der Waals surface area contributed by atoms with Crippen LogP contribution in [0.3, 0.4) is 0 Å². The van der Waals surface area contributed by atoms with E-state index in [4.69, 9.17) is 16.4 Å². The van der Waals surface area contributed by atoms with Gasteiger partial charge in [0.05, 0.1) is 14.8 Å². The van der Waals surface area contributed by atoms with Gasteiger partial charge in [-0.3, -0.25) is 0 Å². The van der Waals surface area contributed by atoms with Crippen LogP contribution in [0.4, 0.5) is 10.5 Å². The number of amides is 1. The lowest BCUT2D eigenvalue weighted by Crippen LogP contribution is -2.27. The molecule has 0 unspecified atom stereocenters. The average molecular weight is 475 g/mol. The van der Waals surface area contributed by atoms with Gasteiger partial charge in [0, 0.05) is 22.5 Å². The van der Waals surface area contributed by atoms with Gasteiger partial charge in [-0.2, -0.15) is 9.78 Å². The van der Waals surface area contributed by atoms with Crippen LogP contribution in [0.15, 0.2) is 45.9 Å². The van der Waals surface area contributed by atoms with E-state index in [-0.39, 0.29) is 11.4 Å². The molecule has 9 heteroatoms. The van der Waals surface area contributed by atoms with Crippen molar-refractivity contribution in [2.75, 3.05) is 18.7 Å². The van der Waals surface area contributed by atoms with E-state index in [1.807, 2.05) is 6.07 Å². The summed E-state index contributed by atoms with van der Waals surface area (Å²) in [5.74, 6) is 0. The number of nitrogens with one attached hydrogen (secondary N) is 1. The van der Waals surface area contributed by atoms with Crippen LogP contribution in [0, 0.1) is 5.41 Å². The van der Waals surface area contributed by atoms with Gasteiger partial charge in [-0.25, -0.2) is 4.79 Å². The van der Waals surface area contributed by atoms with E-state index >= 15 is 0 Å². The first-order valence-corrected chi connectivity index (χ1v) is 12.2. The number of benzene rings is 1. The zero-order chi connectivity index (χ0) is 22.2. The summed E-state index contributed by atoms with van der Waals surface area (Å²) < 4.78 is 2.52. The fourth-order valence-corrected chi connectivity index (χ4v) is 5.99. The molecule has 2 aromatic heterocycles. The molecule has 1 amide bonds. The molecule has 0 saturated carbocycles. The van der Waals surface area contributed by atoms with Gasteiger partial charge in [-0.05, 0) is 60.4 Å². The molecule has 6 nitrogen and oxygen atoms in total. The number of anilines is 1. The fraction of sp³-hybridized carbons (Fsp3) is 0.318. The van der Waals surface area contributed by atoms with Crippen molar-refractivity contribution >= 4 is 52.1 Å². The molecule has 0 radical (unpaired) electrons. The van der Waals surface area contributed by atoms with Gasteiger partial charge in [-0.1, -0.05) is 30.6 Å². The first-order valence-electron chi connectivity index (χ1n) is 9.74. The molecule has 0 atom stereocenters. The number of hydrogen-bond acceptors (Lipinski definition) is 6. The van der Waals surface area contributed by atoms with Crippen LogP contribution in [0.25, 0.3) is 10.6 Å². The number of aromatic nitrogens is 2. The summed E-state index contributed by atoms with van der Waals surface area (Å²) in [5, 5.41) is 12.4. The minimum atomic E-state index is -0.328. The van der Waals surface area contributed by atoms with E-state index in [0.717, 1.165) is 34.7 Å². The smallest absolute Gasteiger partial charge is 0.346 e. The van der Waals surface area contributed by atoms with E-state index < -0.39 is 0 Å². The first-order chi connectivity index (χ1) is 14.8. The molecule has 0 aliphatic heterocycles. The van der Waals surface area contributed by atoms with Crippen molar-refractivity contribution in [3.8, 4) is 10.6 Å². The Morgan fingerprint density at radius 3 is 2.71 bits per heavy atom. The predicted octanol–water partition coefficient (Wildman–Crippen LogP) is 6.39. The molecule has 0 fully saturated rings. The average Bonchev–Trinajstić information content (AvgIpc) is 3.34. The van der Waals surface area contributed by atoms with Crippen LogP contribution in [0.5, 0.6) is 0 Å². The Bertz CT molecular complexity index is 1150. The Morgan fingerprint density at radius 2 is 2.03 bits per heavy atom. The molecular weight excluding hydrogens is 452 g/mol. The number of halogens is 1. The minimum Gasteiger partial charge on any atom is -0.399 e. The van der Waals surface area contributed by atoms with Gasteiger partial charge in [0.15, 0.2) is 0 Å². The lowest BCUT2D eigenvalue weighted by atomic mass is 9.74. The number of hydrogen-bond donors (Lipinski definition) is 1. The highest BCUT2D eigenvalue weighted by atomic mass is 35.5. The third-order valence-electron chi connectivity index (χ3n) is 5.08. The molecule has 0 saturated heterocycles. The molecule has 4 rings (SSSR count). The topological polar surface area (TPSA) is 68.5 Å². The number of carbonyl (C=O) groups excluding carboxylic acids is 1. The summed E-state index contributed by atoms with van der Waals surface area (Å²) in [6.45, 7) is 4.47. The Kier molecular flexibility index (Phi) is 6.14. The normalized spacial score (nSPS) is 16.2. The van der Waals surface area contributed by atoms with Gasteiger partial charge in [0.25, 0.3) is 0 Å². The Morgan fingerprint density at radius 1 is 1.29 bits per heavy atom. The van der Waals surface area contributed by atoms with Crippen molar-refractivity contribution in [1.29, 1.82) is 0 Å². The molecule has 1 aliphatic carbocycles. The summed E-state index contributed by atoms with van der Waals surface area (Å²) in [6, 6.07) is 8.52. The molecule has 0 bridgehead atoms. The van der Waals surface area contributed by atoms with Crippen molar-refractivity contribution in [2.24, 2.45) is 10.6 Å². The molecule has 1 N–H and O–H groups in total. The minimum absolute atomic E-state index is 0.0599. The summed E-state index contributed by atoms with van der Waals surface area (Å²) in [5.41, 5.74) is 4.86. The molecule has 3 aromatic rings. The van der Waals surface area contributed by atoms with Gasteiger partial charge in [0.1, 0.15) is 12.8 Å². The SMILES string of the molecule is CO/N=C1/CC(C)(C)Cc2c(-c3ccn(C(=O)Nc4ccc(Cl)cc4)n3)sc(SC)c21. The highest BCUT2D eigenvalue weighted by Gasteiger charge is 2.36. The lowest BCUT2D eigenvalue weighted by Gasteiger charge is -2.31. The van der Waals surface area contributed by atoms with Crippen LogP contribution in [0.2, 0.25) is 5.02 Å². The van der Waals surface area contributed by atoms with Crippen LogP contribution in [-0.2, 0) is 11.3 Å². The summed E-state index contributed by atoms with van der Waals surface area (Å²) in [7, 11) is 1.58. The van der Waals surface area contributed by atoms with Crippen LogP contribution >= 0.6 is 34.7 Å². The second kappa shape index (κ2) is 8.68. The number of nitrogens with zero attached hydrogens (tertiary/aromatic N) is 3. The monoisotopic (exact) mass is 474 g/mol. The molecule has 162 valence electrons.